The van der Waals surface area contributed by atoms with Gasteiger partial charge in [0.1, 0.15) is 11.4 Å². The van der Waals surface area contributed by atoms with Gasteiger partial charge in [-0.3, -0.25) is 14.3 Å². The van der Waals surface area contributed by atoms with E-state index in [1.165, 1.54) is 5.56 Å². The summed E-state index contributed by atoms with van der Waals surface area (Å²) in [6.45, 7) is 13.4. The van der Waals surface area contributed by atoms with E-state index in [1.807, 2.05) is 32.0 Å². The number of hydrogen-bond donors (Lipinski definition) is 1. The van der Waals surface area contributed by atoms with Gasteiger partial charge in [-0.15, -0.1) is 0 Å². The molecule has 0 bridgehead atoms. The fourth-order valence-electron chi connectivity index (χ4n) is 6.23. The van der Waals surface area contributed by atoms with Crippen molar-refractivity contribution in [1.82, 2.24) is 24.3 Å². The molecule has 1 saturated heterocycles. The van der Waals surface area contributed by atoms with Crippen LogP contribution >= 0.6 is 0 Å². The van der Waals surface area contributed by atoms with Crippen molar-refractivity contribution in [1.29, 1.82) is 0 Å². The number of nitrogens with zero attached hydrogens (tertiary/aromatic N) is 5. The first-order valence-electron chi connectivity index (χ1n) is 15.3. The van der Waals surface area contributed by atoms with Gasteiger partial charge in [0.15, 0.2) is 0 Å². The van der Waals surface area contributed by atoms with Gasteiger partial charge < -0.3 is 15.0 Å². The monoisotopic (exact) mass is 582 g/mol. The second-order valence-corrected chi connectivity index (χ2v) is 11.5. The van der Waals surface area contributed by atoms with E-state index in [2.05, 4.69) is 60.2 Å². The molecule has 1 amide bonds. The van der Waals surface area contributed by atoms with E-state index in [1.54, 1.807) is 39.9 Å². The van der Waals surface area contributed by atoms with Crippen LogP contribution < -0.4 is 15.6 Å². The molecule has 0 radical (unpaired) electrons. The minimum Gasteiger partial charge on any atom is -0.410 e. The smallest absolute Gasteiger partial charge is 0.410 e. The van der Waals surface area contributed by atoms with Crippen LogP contribution in [0.5, 0.6) is 5.75 Å². The van der Waals surface area contributed by atoms with Crippen LogP contribution in [0.4, 0.5) is 10.7 Å². The van der Waals surface area contributed by atoms with Crippen LogP contribution in [0.1, 0.15) is 70.7 Å². The highest BCUT2D eigenvalue weighted by atomic mass is 16.6. The van der Waals surface area contributed by atoms with Crippen LogP contribution in [0.25, 0.3) is 11.0 Å². The lowest BCUT2D eigenvalue weighted by Crippen LogP contribution is -2.56. The number of rotatable bonds is 9. The third kappa shape index (κ3) is 6.27. The van der Waals surface area contributed by atoms with Gasteiger partial charge >= 0.3 is 6.09 Å². The summed E-state index contributed by atoms with van der Waals surface area (Å²) < 4.78 is 7.27. The van der Waals surface area contributed by atoms with Gasteiger partial charge in [0, 0.05) is 55.4 Å². The Morgan fingerprint density at radius 2 is 1.60 bits per heavy atom. The number of piperazine rings is 1. The quantitative estimate of drug-likeness (QED) is 0.245. The number of para-hydroxylation sites is 1. The van der Waals surface area contributed by atoms with E-state index in [-0.39, 0.29) is 29.3 Å². The van der Waals surface area contributed by atoms with Gasteiger partial charge in [-0.2, -0.15) is 4.98 Å². The van der Waals surface area contributed by atoms with Crippen molar-refractivity contribution < 1.29 is 9.53 Å². The lowest BCUT2D eigenvalue weighted by Gasteiger charge is -2.47. The number of benzene rings is 2. The first-order valence-corrected chi connectivity index (χ1v) is 15.3. The summed E-state index contributed by atoms with van der Waals surface area (Å²) in [7, 11) is 0. The first-order chi connectivity index (χ1) is 20.8. The topological polar surface area (TPSA) is 92.6 Å². The summed E-state index contributed by atoms with van der Waals surface area (Å²) in [5.41, 5.74) is 2.84. The second kappa shape index (κ2) is 13.0. The third-order valence-electron chi connectivity index (χ3n) is 8.74. The Labute approximate surface area is 253 Å². The number of anilines is 1. The van der Waals surface area contributed by atoms with Crippen LogP contribution in [0.3, 0.4) is 0 Å². The van der Waals surface area contributed by atoms with Gasteiger partial charge in [-0.05, 0) is 62.9 Å². The standard InChI is InChI=1S/C34H42N6O3/c1-6-34(7-2,39-21-19-38(20-22-39)33(42)43-29-11-9-8-10-12-29)28-16-13-26(14-17-28)25(5)36-32-35-23-27-15-18-30(41)40(24(3)4)31(27)37-32/h8-18,23-25H,6-7,19-22H2,1-5H3,(H,35,36,37)/t25-/m0/s1. The summed E-state index contributed by atoms with van der Waals surface area (Å²) in [6.07, 6.45) is 3.40. The SMILES string of the molecule is CCC(CC)(c1ccc([C@H](C)Nc2ncc3ccc(=O)n(C(C)C)c3n2)cc1)N1CCN(C(=O)Oc2ccccc2)CC1. The Hall–Kier alpha value is -4.24. The summed E-state index contributed by atoms with van der Waals surface area (Å²) in [4.78, 5) is 38.8. The molecule has 226 valence electrons. The Balaban J connectivity index is 1.27. The van der Waals surface area contributed by atoms with E-state index in [0.29, 0.717) is 30.4 Å². The molecule has 2 aromatic carbocycles. The minimum absolute atomic E-state index is 0.00703. The molecule has 1 aliphatic heterocycles. The zero-order valence-electron chi connectivity index (χ0n) is 25.8. The molecule has 9 nitrogen and oxygen atoms in total. The fraction of sp³-hybridized carbons (Fsp3) is 0.412. The van der Waals surface area contributed by atoms with E-state index in [4.69, 9.17) is 9.72 Å². The van der Waals surface area contributed by atoms with Gasteiger partial charge in [-0.1, -0.05) is 56.3 Å². The largest absolute Gasteiger partial charge is 0.415 e. The van der Waals surface area contributed by atoms with Gasteiger partial charge in [-0.25, -0.2) is 9.78 Å². The van der Waals surface area contributed by atoms with Crippen LogP contribution in [0.15, 0.2) is 77.7 Å². The number of nitrogens with one attached hydrogen (secondary N) is 1. The molecule has 3 heterocycles. The molecule has 0 saturated carbocycles. The zero-order chi connectivity index (χ0) is 30.6. The van der Waals surface area contributed by atoms with Crippen molar-refractivity contribution in [2.45, 2.75) is 65.1 Å². The normalized spacial score (nSPS) is 15.1. The molecule has 4 aromatic rings. The number of fused-ring (bicyclic) bond motifs is 1. The molecule has 1 atom stereocenters. The van der Waals surface area contributed by atoms with E-state index in [9.17, 15) is 9.59 Å². The van der Waals surface area contributed by atoms with Crippen LogP contribution in [0.2, 0.25) is 0 Å². The lowest BCUT2D eigenvalue weighted by atomic mass is 9.81. The number of ether oxygens (including phenoxy) is 1. The maximum atomic E-state index is 12.7. The molecule has 43 heavy (non-hydrogen) atoms. The Bertz CT molecular complexity index is 1590. The van der Waals surface area contributed by atoms with E-state index >= 15 is 0 Å². The van der Waals surface area contributed by atoms with Crippen molar-refractivity contribution in [3.8, 4) is 5.75 Å². The first kappa shape index (κ1) is 30.2. The minimum atomic E-state index is -0.293. The Kier molecular flexibility index (Phi) is 9.11. The molecular formula is C34H42N6O3. The highest BCUT2D eigenvalue weighted by Gasteiger charge is 2.38. The second-order valence-electron chi connectivity index (χ2n) is 11.5. The van der Waals surface area contributed by atoms with Gasteiger partial charge in [0.2, 0.25) is 5.95 Å². The summed E-state index contributed by atoms with van der Waals surface area (Å²) in [5.74, 6) is 1.06. The van der Waals surface area contributed by atoms with E-state index in [0.717, 1.165) is 36.9 Å². The molecule has 0 unspecified atom stereocenters. The molecular weight excluding hydrogens is 540 g/mol. The van der Waals surface area contributed by atoms with Gasteiger partial charge in [0.25, 0.3) is 5.56 Å². The molecule has 5 rings (SSSR count). The molecule has 1 N–H and O–H groups in total. The fourth-order valence-corrected chi connectivity index (χ4v) is 6.23. The van der Waals surface area contributed by atoms with Crippen LogP contribution in [-0.2, 0) is 5.54 Å². The Morgan fingerprint density at radius 3 is 2.23 bits per heavy atom. The number of pyridine rings is 1. The van der Waals surface area contributed by atoms with Crippen molar-refractivity contribution in [2.24, 2.45) is 0 Å². The number of aromatic nitrogens is 3. The molecule has 1 fully saturated rings. The molecule has 0 aliphatic carbocycles. The van der Waals surface area contributed by atoms with Gasteiger partial charge in [0.05, 0.1) is 6.04 Å². The van der Waals surface area contributed by atoms with Crippen molar-refractivity contribution in [2.75, 3.05) is 31.5 Å². The van der Waals surface area contributed by atoms with Crippen LogP contribution in [0, 0.1) is 0 Å². The maximum Gasteiger partial charge on any atom is 0.415 e. The number of carbonyl (C=O) groups is 1. The van der Waals surface area contributed by atoms with Crippen molar-refractivity contribution >= 4 is 23.1 Å². The highest BCUT2D eigenvalue weighted by molar-refractivity contribution is 5.75. The van der Waals surface area contributed by atoms with E-state index < -0.39 is 0 Å². The average molecular weight is 583 g/mol. The highest BCUT2D eigenvalue weighted by Crippen LogP contribution is 2.37. The number of amides is 1. The summed E-state index contributed by atoms with van der Waals surface area (Å²) >= 11 is 0. The van der Waals surface area contributed by atoms with Crippen molar-refractivity contribution in [3.63, 3.8) is 0 Å². The van der Waals surface area contributed by atoms with Crippen LogP contribution in [-0.4, -0.2) is 56.6 Å². The molecule has 2 aromatic heterocycles. The van der Waals surface area contributed by atoms with Crippen molar-refractivity contribution in [3.05, 3.63) is 94.4 Å². The summed E-state index contributed by atoms with van der Waals surface area (Å²) in [6, 6.07) is 21.3. The Morgan fingerprint density at radius 1 is 0.930 bits per heavy atom. The predicted molar refractivity (Wildman–Crippen MR) is 171 cm³/mol. The number of hydrogen-bond acceptors (Lipinski definition) is 7. The molecule has 9 heteroatoms. The predicted octanol–water partition coefficient (Wildman–Crippen LogP) is 6.38. The average Bonchev–Trinajstić information content (AvgIpc) is 3.02. The molecule has 0 spiro atoms. The number of carbonyl (C=O) groups excluding carboxylic acids is 1. The summed E-state index contributed by atoms with van der Waals surface area (Å²) in [5, 5.41) is 4.25. The molecule has 1 aliphatic rings. The third-order valence-corrected chi connectivity index (χ3v) is 8.74. The maximum absolute atomic E-state index is 12.7. The zero-order valence-corrected chi connectivity index (χ0v) is 25.8. The lowest BCUT2D eigenvalue weighted by molar-refractivity contribution is 0.0264.